The lowest BCUT2D eigenvalue weighted by Gasteiger charge is -2.15. The van der Waals surface area contributed by atoms with Crippen molar-refractivity contribution in [1.29, 1.82) is 0 Å². The van der Waals surface area contributed by atoms with Gasteiger partial charge in [-0.15, -0.1) is 0 Å². The molecule has 34 heavy (non-hydrogen) atoms. The number of benzene rings is 3. The molecular weight excluding hydrogens is 499 g/mol. The van der Waals surface area contributed by atoms with E-state index in [9.17, 15) is 26.4 Å². The van der Waals surface area contributed by atoms with E-state index in [1.807, 2.05) is 4.72 Å². The molecule has 3 aromatic rings. The standard InChI is InChI=1S/C22H17ClF3NO6S/c1-32-22(29)12-8-15(23)21(26)20(9-12)34(30,31)27-18-10-14(16(24)11-17(18)25)13-4-2-3-5-19(13)33-7-6-28/h2-5,8-11,27-28H,6-7H2,1H3. The number of esters is 1. The average molecular weight is 516 g/mol. The number of anilines is 1. The number of sulfonamides is 1. The topological polar surface area (TPSA) is 102 Å². The van der Waals surface area contributed by atoms with Crippen molar-refractivity contribution in [2.24, 2.45) is 0 Å². The van der Waals surface area contributed by atoms with Gasteiger partial charge in [-0.3, -0.25) is 4.72 Å². The summed E-state index contributed by atoms with van der Waals surface area (Å²) in [6.07, 6.45) is 0. The number of halogens is 4. The molecule has 0 amide bonds. The van der Waals surface area contributed by atoms with E-state index >= 15 is 0 Å². The number of methoxy groups -OCH3 is 1. The van der Waals surface area contributed by atoms with Crippen molar-refractivity contribution in [2.45, 2.75) is 4.90 Å². The zero-order chi connectivity index (χ0) is 25.0. The van der Waals surface area contributed by atoms with Gasteiger partial charge in [0.15, 0.2) is 5.82 Å². The maximum atomic E-state index is 14.6. The van der Waals surface area contributed by atoms with Gasteiger partial charge in [-0.1, -0.05) is 29.8 Å². The van der Waals surface area contributed by atoms with Gasteiger partial charge in [-0.25, -0.2) is 26.4 Å². The zero-order valence-corrected chi connectivity index (χ0v) is 19.0. The molecule has 0 aliphatic heterocycles. The normalized spacial score (nSPS) is 11.2. The first kappa shape index (κ1) is 25.3. The maximum Gasteiger partial charge on any atom is 0.337 e. The van der Waals surface area contributed by atoms with Crippen molar-refractivity contribution in [3.05, 3.63) is 76.6 Å². The van der Waals surface area contributed by atoms with Crippen LogP contribution in [0.15, 0.2) is 53.4 Å². The van der Waals surface area contributed by atoms with E-state index in [1.54, 1.807) is 12.1 Å². The number of carbonyl (C=O) groups is 1. The van der Waals surface area contributed by atoms with E-state index in [1.165, 1.54) is 12.1 Å². The first-order valence-electron chi connectivity index (χ1n) is 9.51. The highest BCUT2D eigenvalue weighted by atomic mass is 35.5. The highest BCUT2D eigenvalue weighted by Crippen LogP contribution is 2.35. The number of carbonyl (C=O) groups excluding carboxylic acids is 1. The smallest absolute Gasteiger partial charge is 0.337 e. The summed E-state index contributed by atoms with van der Waals surface area (Å²) in [5.41, 5.74) is -1.14. The summed E-state index contributed by atoms with van der Waals surface area (Å²) < 4.78 is 81.1. The fourth-order valence-electron chi connectivity index (χ4n) is 3.00. The first-order chi connectivity index (χ1) is 16.1. The number of hydrogen-bond donors (Lipinski definition) is 2. The molecule has 0 radical (unpaired) electrons. The Morgan fingerprint density at radius 1 is 1.06 bits per heavy atom. The van der Waals surface area contributed by atoms with E-state index in [0.717, 1.165) is 19.2 Å². The zero-order valence-electron chi connectivity index (χ0n) is 17.4. The second-order valence-corrected chi connectivity index (χ2v) is 8.81. The van der Waals surface area contributed by atoms with Gasteiger partial charge in [0.2, 0.25) is 0 Å². The quantitative estimate of drug-likeness (QED) is 0.432. The van der Waals surface area contributed by atoms with Gasteiger partial charge in [-0.05, 0) is 24.3 Å². The fourth-order valence-corrected chi connectivity index (χ4v) is 4.46. The number of nitrogens with one attached hydrogen (secondary N) is 1. The van der Waals surface area contributed by atoms with Crippen LogP contribution in [0.2, 0.25) is 5.02 Å². The minimum atomic E-state index is -4.83. The molecule has 0 heterocycles. The van der Waals surface area contributed by atoms with E-state index in [4.69, 9.17) is 21.4 Å². The van der Waals surface area contributed by atoms with Crippen LogP contribution in [0.25, 0.3) is 11.1 Å². The molecule has 3 rings (SSSR count). The van der Waals surface area contributed by atoms with Crippen LogP contribution in [0.1, 0.15) is 10.4 Å². The molecule has 0 aromatic heterocycles. The van der Waals surface area contributed by atoms with E-state index < -0.39 is 49.0 Å². The largest absolute Gasteiger partial charge is 0.491 e. The minimum absolute atomic E-state index is 0.101. The monoisotopic (exact) mass is 515 g/mol. The second kappa shape index (κ2) is 10.3. The Labute approximate surface area is 197 Å². The Balaban J connectivity index is 2.08. The molecule has 180 valence electrons. The predicted octanol–water partition coefficient (Wildman–Crippen LogP) is 4.38. The van der Waals surface area contributed by atoms with Gasteiger partial charge < -0.3 is 14.6 Å². The summed E-state index contributed by atoms with van der Waals surface area (Å²) >= 11 is 5.72. The Bertz CT molecular complexity index is 1350. The summed E-state index contributed by atoms with van der Waals surface area (Å²) in [4.78, 5) is 10.7. The molecule has 0 aliphatic rings. The molecule has 0 saturated carbocycles. The highest BCUT2D eigenvalue weighted by Gasteiger charge is 2.26. The molecule has 0 saturated heterocycles. The fraction of sp³-hybridized carbons (Fsp3) is 0.136. The maximum absolute atomic E-state index is 14.6. The van der Waals surface area contributed by atoms with Crippen molar-refractivity contribution in [3.63, 3.8) is 0 Å². The van der Waals surface area contributed by atoms with Crippen molar-refractivity contribution < 1.29 is 41.0 Å². The lowest BCUT2D eigenvalue weighted by molar-refractivity contribution is 0.0600. The molecule has 0 bridgehead atoms. The summed E-state index contributed by atoms with van der Waals surface area (Å²) in [7, 11) is -3.80. The summed E-state index contributed by atoms with van der Waals surface area (Å²) in [5.74, 6) is -4.52. The van der Waals surface area contributed by atoms with Crippen LogP contribution in [-0.2, 0) is 14.8 Å². The third-order valence-corrected chi connectivity index (χ3v) is 6.17. The lowest BCUT2D eigenvalue weighted by atomic mass is 10.0. The van der Waals surface area contributed by atoms with Crippen molar-refractivity contribution in [2.75, 3.05) is 25.0 Å². The van der Waals surface area contributed by atoms with E-state index in [0.29, 0.717) is 12.1 Å². The predicted molar refractivity (Wildman–Crippen MR) is 118 cm³/mol. The van der Waals surface area contributed by atoms with E-state index in [2.05, 4.69) is 4.74 Å². The molecule has 0 atom stereocenters. The Morgan fingerprint density at radius 2 is 1.76 bits per heavy atom. The number of para-hydroxylation sites is 1. The average Bonchev–Trinajstić information content (AvgIpc) is 2.80. The van der Waals surface area contributed by atoms with Gasteiger partial charge in [0.1, 0.15) is 28.9 Å². The third kappa shape index (κ3) is 5.27. The van der Waals surface area contributed by atoms with Crippen LogP contribution in [0, 0.1) is 17.5 Å². The Kier molecular flexibility index (Phi) is 7.70. The number of rotatable bonds is 8. The molecule has 12 heteroatoms. The molecule has 0 unspecified atom stereocenters. The van der Waals surface area contributed by atoms with Gasteiger partial charge >= 0.3 is 5.97 Å². The molecule has 2 N–H and O–H groups in total. The SMILES string of the molecule is COC(=O)c1cc(Cl)c(F)c(S(=O)(=O)Nc2cc(-c3ccccc3OCCO)c(F)cc2F)c1. The number of hydrogen-bond acceptors (Lipinski definition) is 6. The summed E-state index contributed by atoms with van der Waals surface area (Å²) in [6, 6.07) is 8.92. The molecule has 0 fully saturated rings. The van der Waals surface area contributed by atoms with Crippen LogP contribution in [-0.4, -0.2) is 39.8 Å². The van der Waals surface area contributed by atoms with Crippen LogP contribution < -0.4 is 9.46 Å². The van der Waals surface area contributed by atoms with Crippen LogP contribution in [0.3, 0.4) is 0 Å². The van der Waals surface area contributed by atoms with Gasteiger partial charge in [0.25, 0.3) is 10.0 Å². The van der Waals surface area contributed by atoms with Crippen molar-refractivity contribution in [1.82, 2.24) is 0 Å². The molecular formula is C22H17ClF3NO6S. The van der Waals surface area contributed by atoms with Crippen molar-refractivity contribution >= 4 is 33.3 Å². The van der Waals surface area contributed by atoms with Gasteiger partial charge in [-0.2, -0.15) is 0 Å². The third-order valence-electron chi connectivity index (χ3n) is 4.53. The van der Waals surface area contributed by atoms with Crippen molar-refractivity contribution in [3.8, 4) is 16.9 Å². The Hall–Kier alpha value is -3.28. The summed E-state index contributed by atoms with van der Waals surface area (Å²) in [6.45, 7) is -0.417. The second-order valence-electron chi connectivity index (χ2n) is 6.75. The Morgan fingerprint density at radius 3 is 2.44 bits per heavy atom. The van der Waals surface area contributed by atoms with Crippen LogP contribution >= 0.6 is 11.6 Å². The van der Waals surface area contributed by atoms with Gasteiger partial charge in [0, 0.05) is 17.2 Å². The van der Waals surface area contributed by atoms with Gasteiger partial charge in [0.05, 0.1) is 30.0 Å². The number of aliphatic hydroxyl groups is 1. The highest BCUT2D eigenvalue weighted by molar-refractivity contribution is 7.92. The van der Waals surface area contributed by atoms with Crippen LogP contribution in [0.5, 0.6) is 5.75 Å². The lowest BCUT2D eigenvalue weighted by Crippen LogP contribution is -2.17. The molecule has 0 spiro atoms. The van der Waals surface area contributed by atoms with Crippen LogP contribution in [0.4, 0.5) is 18.9 Å². The minimum Gasteiger partial charge on any atom is -0.491 e. The first-order valence-corrected chi connectivity index (χ1v) is 11.4. The number of ether oxygens (including phenoxy) is 2. The van der Waals surface area contributed by atoms with E-state index in [-0.39, 0.29) is 35.7 Å². The summed E-state index contributed by atoms with van der Waals surface area (Å²) in [5, 5.41) is 8.30. The molecule has 0 aliphatic carbocycles. The molecule has 7 nitrogen and oxygen atoms in total. The number of aliphatic hydroxyl groups excluding tert-OH is 1. The molecule has 3 aromatic carbocycles.